The molecule has 0 saturated carbocycles. The quantitative estimate of drug-likeness (QED) is 0.227. The zero-order chi connectivity index (χ0) is 22.9. The summed E-state index contributed by atoms with van der Waals surface area (Å²) in [6, 6.07) is 22.5. The summed E-state index contributed by atoms with van der Waals surface area (Å²) >= 11 is 0. The van der Waals surface area contributed by atoms with Gasteiger partial charge in [-0.3, -0.25) is 0 Å². The van der Waals surface area contributed by atoms with E-state index in [1.807, 2.05) is 36.4 Å². The molecule has 4 aromatic rings. The van der Waals surface area contributed by atoms with Crippen molar-refractivity contribution in [3.63, 3.8) is 0 Å². The molecule has 0 radical (unpaired) electrons. The molecule has 2 heteroatoms. The molecule has 4 rings (SSSR count). The second kappa shape index (κ2) is 11.2. The molecule has 2 nitrogen and oxygen atoms in total. The van der Waals surface area contributed by atoms with E-state index in [2.05, 4.69) is 67.9 Å². The van der Waals surface area contributed by atoms with Gasteiger partial charge in [0.1, 0.15) is 5.52 Å². The lowest BCUT2D eigenvalue weighted by Gasteiger charge is -2.09. The standard InChI is InChI=1S/C31H29NO/c1-3-5-7-9-15-24-21-25(16-10-8-6-4-2)23-26(22-24)27-17-11-12-18-28(27)31-32-29-19-13-14-20-30(29)33-31/h11-14,17-23H,3-8H2,1-2H3. The van der Waals surface area contributed by atoms with E-state index in [0.717, 1.165) is 77.4 Å². The fraction of sp³-hybridized carbons (Fsp3) is 0.258. The first-order valence-corrected chi connectivity index (χ1v) is 11.9. The summed E-state index contributed by atoms with van der Waals surface area (Å²) < 4.78 is 6.09. The largest absolute Gasteiger partial charge is 0.436 e. The zero-order valence-electron chi connectivity index (χ0n) is 19.4. The smallest absolute Gasteiger partial charge is 0.227 e. The molecule has 0 saturated heterocycles. The summed E-state index contributed by atoms with van der Waals surface area (Å²) in [6.07, 6.45) is 6.38. The highest BCUT2D eigenvalue weighted by atomic mass is 16.3. The highest BCUT2D eigenvalue weighted by Crippen LogP contribution is 2.34. The number of rotatable bonds is 6. The van der Waals surface area contributed by atoms with Gasteiger partial charge in [0.2, 0.25) is 5.89 Å². The van der Waals surface area contributed by atoms with Crippen molar-refractivity contribution in [1.29, 1.82) is 0 Å². The van der Waals surface area contributed by atoms with Crippen molar-refractivity contribution >= 4 is 11.1 Å². The van der Waals surface area contributed by atoms with E-state index < -0.39 is 0 Å². The Kier molecular flexibility index (Phi) is 7.63. The maximum Gasteiger partial charge on any atom is 0.227 e. The Morgan fingerprint density at radius 3 is 1.97 bits per heavy atom. The van der Waals surface area contributed by atoms with E-state index in [1.54, 1.807) is 0 Å². The summed E-state index contributed by atoms with van der Waals surface area (Å²) in [6.45, 7) is 4.38. The van der Waals surface area contributed by atoms with Crippen LogP contribution in [0.15, 0.2) is 71.1 Å². The number of oxazole rings is 1. The van der Waals surface area contributed by atoms with Crippen LogP contribution in [0.4, 0.5) is 0 Å². The van der Waals surface area contributed by atoms with Crippen molar-refractivity contribution in [2.75, 3.05) is 0 Å². The van der Waals surface area contributed by atoms with E-state index in [9.17, 15) is 0 Å². The van der Waals surface area contributed by atoms with Gasteiger partial charge in [-0.05, 0) is 60.4 Å². The van der Waals surface area contributed by atoms with Gasteiger partial charge in [-0.1, -0.05) is 80.7 Å². The van der Waals surface area contributed by atoms with Crippen LogP contribution >= 0.6 is 0 Å². The minimum Gasteiger partial charge on any atom is -0.436 e. The molecule has 0 fully saturated rings. The van der Waals surface area contributed by atoms with Crippen molar-refractivity contribution in [3.05, 3.63) is 77.9 Å². The minimum absolute atomic E-state index is 0.627. The Labute approximate surface area is 197 Å². The predicted octanol–water partition coefficient (Wildman–Crippen LogP) is 8.25. The van der Waals surface area contributed by atoms with Gasteiger partial charge in [0.25, 0.3) is 0 Å². The van der Waals surface area contributed by atoms with Crippen LogP contribution < -0.4 is 0 Å². The first-order chi connectivity index (χ1) is 16.3. The topological polar surface area (TPSA) is 26.0 Å². The molecular weight excluding hydrogens is 402 g/mol. The molecule has 0 atom stereocenters. The summed E-state index contributed by atoms with van der Waals surface area (Å²) in [4.78, 5) is 4.73. The van der Waals surface area contributed by atoms with Gasteiger partial charge < -0.3 is 4.42 Å². The Morgan fingerprint density at radius 2 is 1.33 bits per heavy atom. The third kappa shape index (κ3) is 5.74. The number of nitrogens with zero attached hydrogens (tertiary/aromatic N) is 1. The molecule has 0 spiro atoms. The Morgan fingerprint density at radius 1 is 0.727 bits per heavy atom. The van der Waals surface area contributed by atoms with Gasteiger partial charge in [-0.15, -0.1) is 0 Å². The molecule has 164 valence electrons. The maximum atomic E-state index is 6.09. The summed E-state index contributed by atoms with van der Waals surface area (Å²) in [5.74, 6) is 14.0. The van der Waals surface area contributed by atoms with E-state index in [-0.39, 0.29) is 0 Å². The molecule has 0 N–H and O–H groups in total. The molecule has 0 bridgehead atoms. The molecule has 0 unspecified atom stereocenters. The average Bonchev–Trinajstić information content (AvgIpc) is 3.29. The van der Waals surface area contributed by atoms with E-state index in [0.29, 0.717) is 5.89 Å². The zero-order valence-corrected chi connectivity index (χ0v) is 19.4. The monoisotopic (exact) mass is 431 g/mol. The van der Waals surface area contributed by atoms with Crippen LogP contribution in [0.25, 0.3) is 33.7 Å². The van der Waals surface area contributed by atoms with Crippen LogP contribution in [0.3, 0.4) is 0 Å². The lowest BCUT2D eigenvalue weighted by Crippen LogP contribution is -1.89. The van der Waals surface area contributed by atoms with Crippen molar-refractivity contribution in [2.45, 2.75) is 52.4 Å². The van der Waals surface area contributed by atoms with Crippen LogP contribution in [0, 0.1) is 23.7 Å². The fourth-order valence-electron chi connectivity index (χ4n) is 3.70. The molecule has 0 amide bonds. The van der Waals surface area contributed by atoms with Crippen LogP contribution in [0.5, 0.6) is 0 Å². The molecule has 1 heterocycles. The highest BCUT2D eigenvalue weighted by Gasteiger charge is 2.14. The second-order valence-electron chi connectivity index (χ2n) is 8.14. The number of unbranched alkanes of at least 4 members (excludes halogenated alkanes) is 4. The summed E-state index contributed by atoms with van der Waals surface area (Å²) in [5.41, 5.74) is 6.76. The number of hydrogen-bond acceptors (Lipinski definition) is 2. The molecular formula is C31H29NO. The SMILES string of the molecule is CCCCC#Cc1cc(C#CCCCC)cc(-c2ccccc2-c2nc3ccccc3o2)c1. The van der Waals surface area contributed by atoms with Gasteiger partial charge in [-0.25, -0.2) is 4.98 Å². The molecule has 0 aliphatic heterocycles. The average molecular weight is 432 g/mol. The highest BCUT2D eigenvalue weighted by molar-refractivity contribution is 5.84. The third-order valence-electron chi connectivity index (χ3n) is 5.47. The number of fused-ring (bicyclic) bond motifs is 1. The molecule has 3 aromatic carbocycles. The van der Waals surface area contributed by atoms with E-state index >= 15 is 0 Å². The molecule has 33 heavy (non-hydrogen) atoms. The van der Waals surface area contributed by atoms with E-state index in [4.69, 9.17) is 9.40 Å². The number of hydrogen-bond donors (Lipinski definition) is 0. The Hall–Kier alpha value is -3.75. The molecule has 1 aromatic heterocycles. The first-order valence-electron chi connectivity index (χ1n) is 11.9. The lowest BCUT2D eigenvalue weighted by molar-refractivity contribution is 0.620. The lowest BCUT2D eigenvalue weighted by atomic mass is 9.96. The van der Waals surface area contributed by atoms with Crippen LogP contribution in [-0.2, 0) is 0 Å². The summed E-state index contributed by atoms with van der Waals surface area (Å²) in [5, 5.41) is 0. The maximum absolute atomic E-state index is 6.09. The third-order valence-corrected chi connectivity index (χ3v) is 5.47. The van der Waals surface area contributed by atoms with Gasteiger partial charge in [0.15, 0.2) is 5.58 Å². The van der Waals surface area contributed by atoms with Crippen molar-refractivity contribution in [3.8, 4) is 46.3 Å². The number of benzene rings is 3. The van der Waals surface area contributed by atoms with E-state index in [1.165, 1.54) is 0 Å². The molecule has 0 aliphatic rings. The van der Waals surface area contributed by atoms with Gasteiger partial charge >= 0.3 is 0 Å². The number of aromatic nitrogens is 1. The van der Waals surface area contributed by atoms with Gasteiger partial charge in [0, 0.05) is 29.5 Å². The number of para-hydroxylation sites is 2. The van der Waals surface area contributed by atoms with Gasteiger partial charge in [-0.2, -0.15) is 0 Å². The normalized spacial score (nSPS) is 10.4. The second-order valence-corrected chi connectivity index (χ2v) is 8.14. The molecule has 0 aliphatic carbocycles. The van der Waals surface area contributed by atoms with Crippen LogP contribution in [0.1, 0.15) is 63.5 Å². The minimum atomic E-state index is 0.627. The van der Waals surface area contributed by atoms with Crippen molar-refractivity contribution in [2.24, 2.45) is 0 Å². The van der Waals surface area contributed by atoms with Crippen molar-refractivity contribution in [1.82, 2.24) is 4.98 Å². The van der Waals surface area contributed by atoms with Gasteiger partial charge in [0.05, 0.1) is 0 Å². The first kappa shape index (κ1) is 22.4. The Balaban J connectivity index is 1.78. The van der Waals surface area contributed by atoms with Crippen molar-refractivity contribution < 1.29 is 4.42 Å². The Bertz CT molecular complexity index is 1280. The fourth-order valence-corrected chi connectivity index (χ4v) is 3.70. The summed E-state index contributed by atoms with van der Waals surface area (Å²) in [7, 11) is 0. The predicted molar refractivity (Wildman–Crippen MR) is 138 cm³/mol. The van der Waals surface area contributed by atoms with Crippen LogP contribution in [-0.4, -0.2) is 4.98 Å². The van der Waals surface area contributed by atoms with Crippen LogP contribution in [0.2, 0.25) is 0 Å².